The SMILES string of the molecule is COc1ccc(N2CCN(c3ccc(C(=O)O)cc3NS(=O)(=O)c3cccc(C)c3)CC2)cc1.O=C(O)C(F)(F)F. The molecule has 0 bridgehead atoms. The fourth-order valence-electron chi connectivity index (χ4n) is 4.01. The number of ether oxygens (including phenoxy) is 1. The number of hydrogen-bond donors (Lipinski definition) is 3. The number of rotatable bonds is 7. The van der Waals surface area contributed by atoms with Gasteiger partial charge in [-0.05, 0) is 67.1 Å². The predicted molar refractivity (Wildman–Crippen MR) is 146 cm³/mol. The van der Waals surface area contributed by atoms with E-state index in [-0.39, 0.29) is 16.1 Å². The van der Waals surface area contributed by atoms with Gasteiger partial charge in [-0.15, -0.1) is 0 Å². The summed E-state index contributed by atoms with van der Waals surface area (Å²) < 4.78 is 65.7. The third kappa shape index (κ3) is 8.27. The molecule has 0 aromatic heterocycles. The number of anilines is 3. The molecule has 14 heteroatoms. The zero-order valence-electron chi connectivity index (χ0n) is 22.1. The molecule has 0 aliphatic carbocycles. The van der Waals surface area contributed by atoms with Crippen LogP contribution < -0.4 is 19.3 Å². The Kier molecular flexibility index (Phi) is 9.71. The second-order valence-electron chi connectivity index (χ2n) is 8.93. The number of methoxy groups -OCH3 is 1. The number of hydrogen-bond acceptors (Lipinski definition) is 7. The molecular weight excluding hydrogens is 567 g/mol. The number of sulfonamides is 1. The average molecular weight is 596 g/mol. The minimum atomic E-state index is -5.08. The summed E-state index contributed by atoms with van der Waals surface area (Å²) in [5, 5.41) is 16.6. The van der Waals surface area contributed by atoms with Crippen LogP contribution in [0.1, 0.15) is 15.9 Å². The zero-order chi connectivity index (χ0) is 30.4. The third-order valence-corrected chi connectivity index (χ3v) is 7.45. The van der Waals surface area contributed by atoms with E-state index in [2.05, 4.69) is 14.5 Å². The first kappa shape index (κ1) is 31.1. The summed E-state index contributed by atoms with van der Waals surface area (Å²) in [7, 11) is -2.26. The molecule has 0 radical (unpaired) electrons. The molecule has 1 heterocycles. The lowest BCUT2D eigenvalue weighted by atomic mass is 10.1. The molecule has 3 N–H and O–H groups in total. The van der Waals surface area contributed by atoms with E-state index in [1.807, 2.05) is 37.3 Å². The molecule has 1 aliphatic rings. The number of halogens is 3. The smallest absolute Gasteiger partial charge is 0.490 e. The van der Waals surface area contributed by atoms with E-state index in [0.29, 0.717) is 18.8 Å². The van der Waals surface area contributed by atoms with Crippen LogP contribution in [0.5, 0.6) is 5.75 Å². The number of alkyl halides is 3. The highest BCUT2D eigenvalue weighted by atomic mass is 32.2. The Morgan fingerprint density at radius 2 is 1.49 bits per heavy atom. The molecule has 0 spiro atoms. The van der Waals surface area contributed by atoms with Crippen molar-refractivity contribution < 1.29 is 46.1 Å². The highest BCUT2D eigenvalue weighted by Gasteiger charge is 2.38. The number of carboxylic acids is 2. The lowest BCUT2D eigenvalue weighted by Gasteiger charge is -2.38. The van der Waals surface area contributed by atoms with Gasteiger partial charge in [-0.1, -0.05) is 12.1 Å². The fraction of sp³-hybridized carbons (Fsp3) is 0.259. The Hall–Kier alpha value is -4.46. The van der Waals surface area contributed by atoms with Crippen molar-refractivity contribution in [3.8, 4) is 5.75 Å². The van der Waals surface area contributed by atoms with Crippen LogP contribution >= 0.6 is 0 Å². The van der Waals surface area contributed by atoms with Crippen molar-refractivity contribution >= 4 is 39.0 Å². The second-order valence-corrected chi connectivity index (χ2v) is 10.6. The Bertz CT molecular complexity index is 1490. The zero-order valence-corrected chi connectivity index (χ0v) is 22.9. The number of nitrogens with one attached hydrogen (secondary N) is 1. The fourth-order valence-corrected chi connectivity index (χ4v) is 5.18. The summed E-state index contributed by atoms with van der Waals surface area (Å²) in [5.41, 5.74) is 2.82. The van der Waals surface area contributed by atoms with E-state index < -0.39 is 28.1 Å². The van der Waals surface area contributed by atoms with Crippen molar-refractivity contribution in [1.82, 2.24) is 0 Å². The first-order chi connectivity index (χ1) is 19.2. The number of carboxylic acid groups (broad SMARTS) is 2. The Labute approximate surface area is 234 Å². The van der Waals surface area contributed by atoms with E-state index in [9.17, 15) is 31.5 Å². The highest BCUT2D eigenvalue weighted by Crippen LogP contribution is 2.31. The van der Waals surface area contributed by atoms with E-state index in [1.165, 1.54) is 18.2 Å². The number of nitrogens with zero attached hydrogens (tertiary/aromatic N) is 2. The van der Waals surface area contributed by atoms with E-state index in [1.54, 1.807) is 25.3 Å². The summed E-state index contributed by atoms with van der Waals surface area (Å²) in [6.45, 7) is 4.58. The molecular formula is C27H28F3N3O7S. The van der Waals surface area contributed by atoms with E-state index in [4.69, 9.17) is 14.6 Å². The van der Waals surface area contributed by atoms with E-state index in [0.717, 1.165) is 30.1 Å². The summed E-state index contributed by atoms with van der Waals surface area (Å²) in [5.74, 6) is -3.08. The lowest BCUT2D eigenvalue weighted by Crippen LogP contribution is -2.46. The molecule has 3 aromatic carbocycles. The Morgan fingerprint density at radius 1 is 0.902 bits per heavy atom. The van der Waals surface area contributed by atoms with Crippen LogP contribution in [0.15, 0.2) is 71.6 Å². The van der Waals surface area contributed by atoms with E-state index >= 15 is 0 Å². The van der Waals surface area contributed by atoms with Crippen LogP contribution in [0, 0.1) is 6.92 Å². The predicted octanol–water partition coefficient (Wildman–Crippen LogP) is 4.46. The van der Waals surface area contributed by atoms with Gasteiger partial charge in [-0.25, -0.2) is 18.0 Å². The molecule has 1 fully saturated rings. The minimum absolute atomic E-state index is 0.0163. The summed E-state index contributed by atoms with van der Waals surface area (Å²) in [6.07, 6.45) is -5.08. The normalized spacial score (nSPS) is 13.6. The van der Waals surface area contributed by atoms with Crippen LogP contribution in [-0.4, -0.2) is 70.0 Å². The topological polar surface area (TPSA) is 136 Å². The van der Waals surface area contributed by atoms with Gasteiger partial charge >= 0.3 is 18.1 Å². The Balaban J connectivity index is 0.000000587. The van der Waals surface area contributed by atoms with Crippen molar-refractivity contribution in [3.63, 3.8) is 0 Å². The first-order valence-electron chi connectivity index (χ1n) is 12.1. The van der Waals surface area contributed by atoms with Gasteiger partial charge < -0.3 is 24.7 Å². The van der Waals surface area contributed by atoms with Gasteiger partial charge in [-0.3, -0.25) is 4.72 Å². The molecule has 1 aliphatic heterocycles. The van der Waals surface area contributed by atoms with Gasteiger partial charge in [0.2, 0.25) is 0 Å². The van der Waals surface area contributed by atoms with Crippen LogP contribution in [0.3, 0.4) is 0 Å². The standard InChI is InChI=1S/C25H27N3O5S.C2HF3O2/c1-18-4-3-5-22(16-18)34(31,32)26-23-17-19(25(29)30)6-11-24(23)28-14-12-27(13-15-28)20-7-9-21(33-2)10-8-20;3-2(4,5)1(6)7/h3-11,16-17,26H,12-15H2,1-2H3,(H,29,30);(H,6,7). The van der Waals surface area contributed by atoms with Crippen molar-refractivity contribution in [2.75, 3.05) is 47.8 Å². The summed E-state index contributed by atoms with van der Waals surface area (Å²) in [6, 6.07) is 19.0. The molecule has 0 atom stereocenters. The number of aryl methyl sites for hydroxylation is 1. The second kappa shape index (κ2) is 12.8. The molecule has 0 saturated carbocycles. The van der Waals surface area contributed by atoms with Crippen molar-refractivity contribution in [2.45, 2.75) is 18.0 Å². The molecule has 0 unspecified atom stereocenters. The quantitative estimate of drug-likeness (QED) is 0.362. The molecule has 0 amide bonds. The number of carbonyl (C=O) groups is 2. The number of benzene rings is 3. The van der Waals surface area contributed by atoms with Crippen LogP contribution in [-0.2, 0) is 14.8 Å². The molecule has 1 saturated heterocycles. The minimum Gasteiger partial charge on any atom is -0.497 e. The van der Waals surface area contributed by atoms with Gasteiger partial charge in [0.15, 0.2) is 0 Å². The highest BCUT2D eigenvalue weighted by molar-refractivity contribution is 7.92. The van der Waals surface area contributed by atoms with Gasteiger partial charge in [0.1, 0.15) is 5.75 Å². The molecule has 220 valence electrons. The number of aliphatic carboxylic acids is 1. The van der Waals surface area contributed by atoms with Crippen LogP contribution in [0.4, 0.5) is 30.2 Å². The van der Waals surface area contributed by atoms with Gasteiger partial charge in [-0.2, -0.15) is 13.2 Å². The van der Waals surface area contributed by atoms with Crippen molar-refractivity contribution in [3.05, 3.63) is 77.9 Å². The van der Waals surface area contributed by atoms with Crippen LogP contribution in [0.25, 0.3) is 0 Å². The monoisotopic (exact) mass is 595 g/mol. The molecule has 3 aromatic rings. The third-order valence-electron chi connectivity index (χ3n) is 6.09. The number of aromatic carboxylic acids is 1. The maximum Gasteiger partial charge on any atom is 0.490 e. The Morgan fingerprint density at radius 3 is 2.00 bits per heavy atom. The van der Waals surface area contributed by atoms with Gasteiger partial charge in [0.05, 0.1) is 28.9 Å². The van der Waals surface area contributed by atoms with Crippen molar-refractivity contribution in [2.24, 2.45) is 0 Å². The molecule has 41 heavy (non-hydrogen) atoms. The van der Waals surface area contributed by atoms with Gasteiger partial charge in [0.25, 0.3) is 10.0 Å². The maximum absolute atomic E-state index is 13.1. The summed E-state index contributed by atoms with van der Waals surface area (Å²) in [4.78, 5) is 24.9. The molecule has 4 rings (SSSR count). The largest absolute Gasteiger partial charge is 0.497 e. The van der Waals surface area contributed by atoms with Gasteiger partial charge in [0, 0.05) is 31.9 Å². The first-order valence-corrected chi connectivity index (χ1v) is 13.6. The number of piperazine rings is 1. The summed E-state index contributed by atoms with van der Waals surface area (Å²) >= 11 is 0. The average Bonchev–Trinajstić information content (AvgIpc) is 2.93. The maximum atomic E-state index is 13.1. The van der Waals surface area contributed by atoms with Crippen LogP contribution in [0.2, 0.25) is 0 Å². The lowest BCUT2D eigenvalue weighted by molar-refractivity contribution is -0.192. The van der Waals surface area contributed by atoms with Crippen molar-refractivity contribution in [1.29, 1.82) is 0 Å². The molecule has 10 nitrogen and oxygen atoms in total.